The van der Waals surface area contributed by atoms with Crippen molar-refractivity contribution in [1.82, 2.24) is 0 Å². The van der Waals surface area contributed by atoms with Crippen molar-refractivity contribution in [2.75, 3.05) is 25.1 Å². The van der Waals surface area contributed by atoms with Crippen LogP contribution in [0.3, 0.4) is 0 Å². The number of aryl methyl sites for hydroxylation is 2. The maximum Gasteiger partial charge on any atom is 0.142 e. The molecule has 0 amide bonds. The second-order valence-corrected chi connectivity index (χ2v) is 5.69. The quantitative estimate of drug-likeness (QED) is 0.663. The first-order valence-corrected chi connectivity index (χ1v) is 8.37. The second-order valence-electron chi connectivity index (χ2n) is 5.69. The largest absolute Gasteiger partial charge is 0.491 e. The van der Waals surface area contributed by atoms with E-state index in [-0.39, 0.29) is 0 Å². The molecule has 2 aromatic carbocycles. The molecule has 0 aliphatic carbocycles. The predicted octanol–water partition coefficient (Wildman–Crippen LogP) is 4.97. The number of unbranched alkanes of at least 4 members (excludes halogenated alkanes) is 1. The number of nitrogens with one attached hydrogen (secondary N) is 1. The molecule has 124 valence electrons. The Labute approximate surface area is 139 Å². The number of hydrogen-bond acceptors (Lipinski definition) is 3. The number of para-hydroxylation sites is 3. The van der Waals surface area contributed by atoms with Gasteiger partial charge in [-0.2, -0.15) is 0 Å². The summed E-state index contributed by atoms with van der Waals surface area (Å²) in [6.45, 7) is 8.43. The zero-order valence-corrected chi connectivity index (χ0v) is 14.4. The molecule has 0 radical (unpaired) electrons. The SMILES string of the molecule is CCCCOc1ccccc1NCCOc1c(C)cccc1C. The van der Waals surface area contributed by atoms with Crippen molar-refractivity contribution in [3.8, 4) is 11.5 Å². The van der Waals surface area contributed by atoms with Crippen molar-refractivity contribution in [3.63, 3.8) is 0 Å². The van der Waals surface area contributed by atoms with E-state index in [4.69, 9.17) is 9.47 Å². The molecule has 2 rings (SSSR count). The van der Waals surface area contributed by atoms with Crippen LogP contribution in [0.5, 0.6) is 11.5 Å². The molecular formula is C20H27NO2. The van der Waals surface area contributed by atoms with E-state index in [9.17, 15) is 0 Å². The average Bonchev–Trinajstić information content (AvgIpc) is 2.55. The summed E-state index contributed by atoms with van der Waals surface area (Å²) in [7, 11) is 0. The van der Waals surface area contributed by atoms with E-state index in [1.165, 1.54) is 11.1 Å². The highest BCUT2D eigenvalue weighted by Crippen LogP contribution is 2.24. The Hall–Kier alpha value is -2.16. The molecule has 0 unspecified atom stereocenters. The van der Waals surface area contributed by atoms with Crippen LogP contribution in [0.2, 0.25) is 0 Å². The molecule has 0 fully saturated rings. The summed E-state index contributed by atoms with van der Waals surface area (Å²) in [5.74, 6) is 1.90. The predicted molar refractivity (Wildman–Crippen MR) is 96.7 cm³/mol. The van der Waals surface area contributed by atoms with Gasteiger partial charge in [0, 0.05) is 6.54 Å². The van der Waals surface area contributed by atoms with Crippen molar-refractivity contribution in [2.45, 2.75) is 33.6 Å². The van der Waals surface area contributed by atoms with Crippen LogP contribution in [0, 0.1) is 13.8 Å². The number of ether oxygens (including phenoxy) is 2. The maximum absolute atomic E-state index is 5.92. The molecule has 0 saturated carbocycles. The molecule has 0 aromatic heterocycles. The van der Waals surface area contributed by atoms with E-state index < -0.39 is 0 Å². The summed E-state index contributed by atoms with van der Waals surface area (Å²) >= 11 is 0. The van der Waals surface area contributed by atoms with E-state index in [1.54, 1.807) is 0 Å². The average molecular weight is 313 g/mol. The lowest BCUT2D eigenvalue weighted by Gasteiger charge is -2.15. The topological polar surface area (TPSA) is 30.5 Å². The first-order chi connectivity index (χ1) is 11.2. The Morgan fingerprint density at radius 1 is 0.870 bits per heavy atom. The summed E-state index contributed by atoms with van der Waals surface area (Å²) < 4.78 is 11.8. The maximum atomic E-state index is 5.92. The van der Waals surface area contributed by atoms with Crippen LogP contribution in [0.1, 0.15) is 30.9 Å². The third-order valence-electron chi connectivity index (χ3n) is 3.72. The molecule has 1 N–H and O–H groups in total. The van der Waals surface area contributed by atoms with E-state index >= 15 is 0 Å². The molecule has 3 nitrogen and oxygen atoms in total. The Morgan fingerprint density at radius 2 is 1.61 bits per heavy atom. The minimum atomic E-state index is 0.620. The molecular weight excluding hydrogens is 286 g/mol. The van der Waals surface area contributed by atoms with Crippen molar-refractivity contribution in [2.24, 2.45) is 0 Å². The van der Waals surface area contributed by atoms with Crippen LogP contribution in [0.4, 0.5) is 5.69 Å². The van der Waals surface area contributed by atoms with Gasteiger partial charge in [0.1, 0.15) is 18.1 Å². The molecule has 0 spiro atoms. The molecule has 0 bridgehead atoms. The Morgan fingerprint density at radius 3 is 2.35 bits per heavy atom. The molecule has 2 aromatic rings. The van der Waals surface area contributed by atoms with Gasteiger partial charge in [-0.1, -0.05) is 43.7 Å². The minimum absolute atomic E-state index is 0.620. The van der Waals surface area contributed by atoms with E-state index in [1.807, 2.05) is 24.3 Å². The summed E-state index contributed by atoms with van der Waals surface area (Å²) in [4.78, 5) is 0. The molecule has 0 heterocycles. The van der Waals surface area contributed by atoms with E-state index in [0.29, 0.717) is 6.61 Å². The lowest BCUT2D eigenvalue weighted by Crippen LogP contribution is -2.13. The van der Waals surface area contributed by atoms with Crippen LogP contribution in [0.15, 0.2) is 42.5 Å². The fourth-order valence-corrected chi connectivity index (χ4v) is 2.43. The van der Waals surface area contributed by atoms with Gasteiger partial charge < -0.3 is 14.8 Å². The Balaban J connectivity index is 1.84. The van der Waals surface area contributed by atoms with Gasteiger partial charge in [-0.05, 0) is 43.5 Å². The lowest BCUT2D eigenvalue weighted by molar-refractivity contribution is 0.309. The van der Waals surface area contributed by atoms with Gasteiger partial charge in [-0.25, -0.2) is 0 Å². The van der Waals surface area contributed by atoms with E-state index in [2.05, 4.69) is 44.3 Å². The van der Waals surface area contributed by atoms with Gasteiger partial charge in [0.15, 0.2) is 0 Å². The van der Waals surface area contributed by atoms with Gasteiger partial charge in [0.2, 0.25) is 0 Å². The summed E-state index contributed by atoms with van der Waals surface area (Å²) in [5.41, 5.74) is 3.37. The molecule has 23 heavy (non-hydrogen) atoms. The second kappa shape index (κ2) is 9.09. The highest BCUT2D eigenvalue weighted by atomic mass is 16.5. The number of hydrogen-bond donors (Lipinski definition) is 1. The van der Waals surface area contributed by atoms with Crippen LogP contribution in [-0.4, -0.2) is 19.8 Å². The molecule has 0 aliphatic rings. The number of rotatable bonds is 9. The molecule has 0 atom stereocenters. The first-order valence-electron chi connectivity index (χ1n) is 8.37. The molecule has 0 saturated heterocycles. The van der Waals surface area contributed by atoms with Crippen molar-refractivity contribution >= 4 is 5.69 Å². The summed E-state index contributed by atoms with van der Waals surface area (Å²) in [6, 6.07) is 14.3. The van der Waals surface area contributed by atoms with Crippen molar-refractivity contribution in [1.29, 1.82) is 0 Å². The zero-order chi connectivity index (χ0) is 16.5. The fraction of sp³-hybridized carbons (Fsp3) is 0.400. The van der Waals surface area contributed by atoms with Gasteiger partial charge in [-0.15, -0.1) is 0 Å². The van der Waals surface area contributed by atoms with Crippen molar-refractivity contribution < 1.29 is 9.47 Å². The van der Waals surface area contributed by atoms with Gasteiger partial charge >= 0.3 is 0 Å². The fourth-order valence-electron chi connectivity index (χ4n) is 2.43. The monoisotopic (exact) mass is 313 g/mol. The van der Waals surface area contributed by atoms with Crippen LogP contribution in [-0.2, 0) is 0 Å². The Bertz CT molecular complexity index is 590. The zero-order valence-electron chi connectivity index (χ0n) is 14.4. The molecule has 3 heteroatoms. The third-order valence-corrected chi connectivity index (χ3v) is 3.72. The Kier molecular flexibility index (Phi) is 6.79. The van der Waals surface area contributed by atoms with Crippen LogP contribution >= 0.6 is 0 Å². The van der Waals surface area contributed by atoms with Crippen LogP contribution < -0.4 is 14.8 Å². The normalized spacial score (nSPS) is 10.4. The van der Waals surface area contributed by atoms with E-state index in [0.717, 1.165) is 43.2 Å². The molecule has 0 aliphatic heterocycles. The lowest BCUT2D eigenvalue weighted by atomic mass is 10.1. The van der Waals surface area contributed by atoms with Gasteiger partial charge in [0.05, 0.1) is 12.3 Å². The van der Waals surface area contributed by atoms with Crippen molar-refractivity contribution in [3.05, 3.63) is 53.6 Å². The first kappa shape index (κ1) is 17.2. The minimum Gasteiger partial charge on any atom is -0.491 e. The van der Waals surface area contributed by atoms with Crippen LogP contribution in [0.25, 0.3) is 0 Å². The van der Waals surface area contributed by atoms with Gasteiger partial charge in [0.25, 0.3) is 0 Å². The van der Waals surface area contributed by atoms with Gasteiger partial charge in [-0.3, -0.25) is 0 Å². The summed E-state index contributed by atoms with van der Waals surface area (Å²) in [5, 5.41) is 3.40. The highest BCUT2D eigenvalue weighted by Gasteiger charge is 2.04. The summed E-state index contributed by atoms with van der Waals surface area (Å²) in [6.07, 6.45) is 2.21. The highest BCUT2D eigenvalue weighted by molar-refractivity contribution is 5.56. The third kappa shape index (κ3) is 5.20. The number of anilines is 1. The standard InChI is InChI=1S/C20H27NO2/c1-4-5-14-22-19-12-7-6-11-18(19)21-13-15-23-20-16(2)9-8-10-17(20)3/h6-12,21H,4-5,13-15H2,1-3H3. The number of benzene rings is 2. The smallest absolute Gasteiger partial charge is 0.142 e.